The molecule has 10 heavy (non-hydrogen) atoms. The molecule has 0 amide bonds. The van der Waals surface area contributed by atoms with Crippen molar-refractivity contribution < 1.29 is 23.4 Å². The molecule has 2 nitrogen and oxygen atoms in total. The minimum Gasteiger partial charge on any atom is -0.412 e. The van der Waals surface area contributed by atoms with Crippen LogP contribution in [0, 0.1) is 0 Å². The fraction of sp³-hybridized carbons (Fsp3) is 0.667. The summed E-state index contributed by atoms with van der Waals surface area (Å²) in [6.07, 6.45) is -4.92. The van der Waals surface area contributed by atoms with Crippen molar-refractivity contribution in [3.63, 3.8) is 0 Å². The lowest BCUT2D eigenvalue weighted by Crippen LogP contribution is -2.27. The molecule has 0 aromatic rings. The minimum atomic E-state index is -4.92. The van der Waals surface area contributed by atoms with Gasteiger partial charge < -0.3 is 5.48 Å². The van der Waals surface area contributed by atoms with Crippen molar-refractivity contribution in [1.82, 2.24) is 0 Å². The largest absolute Gasteiger partial charge is 0.452 e. The van der Waals surface area contributed by atoms with Gasteiger partial charge in [0.2, 0.25) is 0 Å². The molecule has 0 fully saturated rings. The molecule has 0 unspecified atom stereocenters. The van der Waals surface area contributed by atoms with Gasteiger partial charge in [0.1, 0.15) is 0 Å². The van der Waals surface area contributed by atoms with Crippen LogP contribution in [0.1, 0.15) is 0 Å². The average Bonchev–Trinajstić information content (AvgIpc) is 1.62. The van der Waals surface area contributed by atoms with Gasteiger partial charge >= 0.3 is 6.18 Å². The van der Waals surface area contributed by atoms with Crippen LogP contribution >= 0.6 is 23.2 Å². The van der Waals surface area contributed by atoms with Gasteiger partial charge in [-0.1, -0.05) is 23.2 Å². The summed E-state index contributed by atoms with van der Waals surface area (Å²) in [6.45, 7) is 0. The molecule has 0 spiro atoms. The van der Waals surface area contributed by atoms with E-state index in [1.165, 1.54) is 0 Å². The van der Waals surface area contributed by atoms with Crippen molar-refractivity contribution >= 4 is 29.0 Å². The zero-order valence-corrected chi connectivity index (χ0v) is 5.89. The van der Waals surface area contributed by atoms with Crippen LogP contribution in [0.25, 0.3) is 0 Å². The zero-order chi connectivity index (χ0) is 7.65. The van der Waals surface area contributed by atoms with Crippen LogP contribution in [0.4, 0.5) is 13.2 Å². The molecule has 0 aromatic heterocycles. The monoisotopic (exact) mass is 198 g/mol. The van der Waals surface area contributed by atoms with Crippen molar-refractivity contribution in [2.45, 2.75) is 11.0 Å². The maximum Gasteiger partial charge on any atom is 0.452 e. The third-order valence-electron chi connectivity index (χ3n) is 0.478. The van der Waals surface area contributed by atoms with Crippen LogP contribution in [0.2, 0.25) is 0 Å². The van der Waals surface area contributed by atoms with E-state index in [4.69, 9.17) is 0 Å². The number of alkyl halides is 5. The second-order valence-electron chi connectivity index (χ2n) is 1.16. The lowest BCUT2D eigenvalue weighted by atomic mass is 10.4. The standard InChI is InChI=1S/C3HCl2F3O.H2O/c4-2(5)1(9)3(6,7)8;/h2H;1H2. The van der Waals surface area contributed by atoms with E-state index in [2.05, 4.69) is 23.2 Å². The van der Waals surface area contributed by atoms with E-state index >= 15 is 0 Å². The molecule has 0 bridgehead atoms. The fourth-order valence-corrected chi connectivity index (χ4v) is 0.371. The van der Waals surface area contributed by atoms with Crippen LogP contribution in [0.3, 0.4) is 0 Å². The first-order valence-electron chi connectivity index (χ1n) is 1.75. The summed E-state index contributed by atoms with van der Waals surface area (Å²) in [5.74, 6) is -2.13. The van der Waals surface area contributed by atoms with E-state index in [-0.39, 0.29) is 5.48 Å². The molecule has 62 valence electrons. The Kier molecular flexibility index (Phi) is 5.06. The summed E-state index contributed by atoms with van der Waals surface area (Å²) in [7, 11) is 0. The van der Waals surface area contributed by atoms with Crippen LogP contribution < -0.4 is 0 Å². The molecule has 0 aliphatic carbocycles. The SMILES string of the molecule is O.O=C(C(Cl)Cl)C(F)(F)F. The van der Waals surface area contributed by atoms with Gasteiger partial charge in [0, 0.05) is 0 Å². The van der Waals surface area contributed by atoms with Crippen LogP contribution in [0.5, 0.6) is 0 Å². The number of carbonyl (C=O) groups excluding carboxylic acids is 1. The van der Waals surface area contributed by atoms with E-state index in [1.807, 2.05) is 0 Å². The Morgan fingerprint density at radius 3 is 1.60 bits per heavy atom. The highest BCUT2D eigenvalue weighted by atomic mass is 35.5. The molecule has 0 aliphatic rings. The third-order valence-corrected chi connectivity index (χ3v) is 0.874. The molecule has 0 atom stereocenters. The Labute approximate surface area is 64.2 Å². The molecule has 7 heteroatoms. The molecule has 0 radical (unpaired) electrons. The molecular weight excluding hydrogens is 196 g/mol. The molecule has 0 saturated carbocycles. The quantitative estimate of drug-likeness (QED) is 0.583. The molecule has 0 heterocycles. The topological polar surface area (TPSA) is 48.6 Å². The zero-order valence-electron chi connectivity index (χ0n) is 4.38. The Bertz CT molecular complexity index is 121. The Morgan fingerprint density at radius 1 is 1.30 bits per heavy atom. The van der Waals surface area contributed by atoms with Gasteiger partial charge in [-0.2, -0.15) is 13.2 Å². The van der Waals surface area contributed by atoms with Crippen LogP contribution in [-0.2, 0) is 4.79 Å². The Morgan fingerprint density at radius 2 is 1.60 bits per heavy atom. The summed E-state index contributed by atoms with van der Waals surface area (Å²) < 4.78 is 33.5. The van der Waals surface area contributed by atoms with Gasteiger partial charge in [-0.15, -0.1) is 0 Å². The number of rotatable bonds is 1. The molecule has 2 N–H and O–H groups in total. The number of hydrogen-bond donors (Lipinski definition) is 0. The van der Waals surface area contributed by atoms with Gasteiger partial charge in [-0.3, -0.25) is 4.79 Å². The third kappa shape index (κ3) is 3.92. The van der Waals surface area contributed by atoms with E-state index in [0.29, 0.717) is 0 Å². The predicted molar refractivity (Wildman–Crippen MR) is 30.2 cm³/mol. The highest BCUT2D eigenvalue weighted by Gasteiger charge is 2.41. The highest BCUT2D eigenvalue weighted by molar-refractivity contribution is 6.54. The van der Waals surface area contributed by atoms with Crippen LogP contribution in [-0.4, -0.2) is 22.3 Å². The second kappa shape index (κ2) is 4.00. The molecule has 0 rings (SSSR count). The van der Waals surface area contributed by atoms with Gasteiger partial charge in [0.05, 0.1) is 0 Å². The van der Waals surface area contributed by atoms with Crippen molar-refractivity contribution in [1.29, 1.82) is 0 Å². The number of hydrogen-bond acceptors (Lipinski definition) is 1. The van der Waals surface area contributed by atoms with Crippen molar-refractivity contribution in [3.05, 3.63) is 0 Å². The Hall–Kier alpha value is -0.0000000000000000555. The second-order valence-corrected chi connectivity index (χ2v) is 2.26. The molecule has 0 aliphatic heterocycles. The molecule has 0 saturated heterocycles. The first-order valence-corrected chi connectivity index (χ1v) is 2.62. The molecule has 0 aromatic carbocycles. The summed E-state index contributed by atoms with van der Waals surface area (Å²) in [6, 6.07) is 0. The molecular formula is C3H3Cl2F3O2. The smallest absolute Gasteiger partial charge is 0.412 e. The van der Waals surface area contributed by atoms with Gasteiger partial charge in [0.15, 0.2) is 4.84 Å². The van der Waals surface area contributed by atoms with Crippen molar-refractivity contribution in [2.75, 3.05) is 0 Å². The first kappa shape index (κ1) is 12.7. The summed E-state index contributed by atoms with van der Waals surface area (Å²) in [5.41, 5.74) is 0. The normalized spacial score (nSPS) is 11.0. The van der Waals surface area contributed by atoms with Crippen LogP contribution in [0.15, 0.2) is 0 Å². The lowest BCUT2D eigenvalue weighted by Gasteiger charge is -2.03. The summed E-state index contributed by atoms with van der Waals surface area (Å²) in [5, 5.41) is 0. The van der Waals surface area contributed by atoms with Gasteiger partial charge in [0.25, 0.3) is 5.78 Å². The number of halogens is 5. The average molecular weight is 199 g/mol. The number of ketones is 1. The summed E-state index contributed by atoms with van der Waals surface area (Å²) >= 11 is 9.22. The van der Waals surface area contributed by atoms with Crippen molar-refractivity contribution in [2.24, 2.45) is 0 Å². The van der Waals surface area contributed by atoms with Gasteiger partial charge in [-0.25, -0.2) is 0 Å². The van der Waals surface area contributed by atoms with Gasteiger partial charge in [-0.05, 0) is 0 Å². The van der Waals surface area contributed by atoms with Crippen molar-refractivity contribution in [3.8, 4) is 0 Å². The lowest BCUT2D eigenvalue weighted by molar-refractivity contribution is -0.169. The minimum absolute atomic E-state index is 0. The maximum atomic E-state index is 11.2. The maximum absolute atomic E-state index is 11.2. The Balaban J connectivity index is 0. The number of Topliss-reactive ketones (excluding diaryl/α,β-unsaturated/α-hetero) is 1. The summed E-state index contributed by atoms with van der Waals surface area (Å²) in [4.78, 5) is 7.77. The van der Waals surface area contributed by atoms with E-state index in [9.17, 15) is 18.0 Å². The van der Waals surface area contributed by atoms with E-state index < -0.39 is 16.8 Å². The predicted octanol–water partition coefficient (Wildman–Crippen LogP) is 1.10. The van der Waals surface area contributed by atoms with E-state index in [0.717, 1.165) is 0 Å². The number of carbonyl (C=O) groups is 1. The van der Waals surface area contributed by atoms with E-state index in [1.54, 1.807) is 0 Å². The fourth-order valence-electron chi connectivity index (χ4n) is 0.124. The highest BCUT2D eigenvalue weighted by Crippen LogP contribution is 2.21. The first-order chi connectivity index (χ1) is 3.85.